The monoisotopic (exact) mass is 280 g/mol. The minimum atomic E-state index is -0.573. The van der Waals surface area contributed by atoms with Gasteiger partial charge in [-0.15, -0.1) is 11.3 Å². The van der Waals surface area contributed by atoms with Crippen molar-refractivity contribution in [3.8, 4) is 0 Å². The summed E-state index contributed by atoms with van der Waals surface area (Å²) in [6, 6.07) is 9.42. The van der Waals surface area contributed by atoms with E-state index < -0.39 is 11.9 Å². The maximum absolute atomic E-state index is 11.6. The van der Waals surface area contributed by atoms with Gasteiger partial charge in [-0.3, -0.25) is 10.1 Å². The highest BCUT2D eigenvalue weighted by Gasteiger charge is 2.10. The van der Waals surface area contributed by atoms with Crippen LogP contribution in [0.4, 0.5) is 10.5 Å². The third-order valence-electron chi connectivity index (χ3n) is 2.07. The lowest BCUT2D eigenvalue weighted by Gasteiger charge is -2.05. The molecule has 0 aliphatic carbocycles. The number of nitrogens with one attached hydrogen (secondary N) is 2. The molecule has 1 heterocycles. The maximum Gasteiger partial charge on any atom is 0.326 e. The van der Waals surface area contributed by atoms with Gasteiger partial charge >= 0.3 is 6.03 Å². The minimum absolute atomic E-state index is 0.420. The van der Waals surface area contributed by atoms with Gasteiger partial charge in [0.1, 0.15) is 0 Å². The maximum atomic E-state index is 11.6. The van der Waals surface area contributed by atoms with Gasteiger partial charge in [-0.1, -0.05) is 17.7 Å². The van der Waals surface area contributed by atoms with Gasteiger partial charge in [0, 0.05) is 10.7 Å². The zero-order valence-electron chi connectivity index (χ0n) is 9.14. The van der Waals surface area contributed by atoms with Crippen LogP contribution in [0.5, 0.6) is 0 Å². The van der Waals surface area contributed by atoms with Crippen molar-refractivity contribution in [1.82, 2.24) is 5.32 Å². The van der Waals surface area contributed by atoms with Gasteiger partial charge < -0.3 is 5.32 Å². The van der Waals surface area contributed by atoms with Crippen molar-refractivity contribution in [3.63, 3.8) is 0 Å². The fraction of sp³-hybridized carbons (Fsp3) is 0. The third-order valence-corrected chi connectivity index (χ3v) is 3.19. The van der Waals surface area contributed by atoms with Crippen LogP contribution in [0.25, 0.3) is 0 Å². The first-order chi connectivity index (χ1) is 8.65. The summed E-state index contributed by atoms with van der Waals surface area (Å²) in [5, 5.41) is 7.12. The van der Waals surface area contributed by atoms with E-state index in [0.29, 0.717) is 15.6 Å². The Morgan fingerprint density at radius 2 is 1.83 bits per heavy atom. The Balaban J connectivity index is 1.93. The second-order valence-electron chi connectivity index (χ2n) is 3.39. The first-order valence-corrected chi connectivity index (χ1v) is 6.32. The Bertz CT molecular complexity index is 552. The van der Waals surface area contributed by atoms with E-state index in [-0.39, 0.29) is 0 Å². The van der Waals surface area contributed by atoms with E-state index in [2.05, 4.69) is 10.6 Å². The second kappa shape index (κ2) is 5.66. The quantitative estimate of drug-likeness (QED) is 0.886. The molecule has 0 spiro atoms. The zero-order valence-corrected chi connectivity index (χ0v) is 10.7. The standard InChI is InChI=1S/C12H9ClN2O2S/c13-8-3-5-9(6-4-8)14-12(17)15-11(16)10-2-1-7-18-10/h1-7H,(H2,14,15,16,17). The lowest BCUT2D eigenvalue weighted by molar-refractivity contribution is 0.0971. The summed E-state index contributed by atoms with van der Waals surface area (Å²) >= 11 is 6.99. The summed E-state index contributed by atoms with van der Waals surface area (Å²) in [5.74, 6) is -0.420. The third kappa shape index (κ3) is 3.32. The molecule has 18 heavy (non-hydrogen) atoms. The van der Waals surface area contributed by atoms with Crippen LogP contribution in [-0.4, -0.2) is 11.9 Å². The van der Waals surface area contributed by atoms with Crippen LogP contribution in [0.15, 0.2) is 41.8 Å². The van der Waals surface area contributed by atoms with Crippen LogP contribution in [0.1, 0.15) is 9.67 Å². The SMILES string of the molecule is O=C(NC(=O)c1cccs1)Nc1ccc(Cl)cc1. The largest absolute Gasteiger partial charge is 0.326 e. The molecule has 0 aliphatic rings. The average molecular weight is 281 g/mol. The molecule has 0 bridgehead atoms. The number of urea groups is 1. The number of amides is 3. The molecule has 0 saturated carbocycles. The molecule has 0 radical (unpaired) electrons. The number of anilines is 1. The summed E-state index contributed by atoms with van der Waals surface area (Å²) in [4.78, 5) is 23.6. The van der Waals surface area contributed by atoms with Crippen molar-refractivity contribution in [2.24, 2.45) is 0 Å². The highest BCUT2D eigenvalue weighted by atomic mass is 35.5. The highest BCUT2D eigenvalue weighted by Crippen LogP contribution is 2.13. The zero-order chi connectivity index (χ0) is 13.0. The van der Waals surface area contributed by atoms with Crippen LogP contribution in [-0.2, 0) is 0 Å². The normalized spacial score (nSPS) is 9.83. The van der Waals surface area contributed by atoms with E-state index in [9.17, 15) is 9.59 Å². The Hall–Kier alpha value is -1.85. The molecule has 2 N–H and O–H groups in total. The molecule has 92 valence electrons. The van der Waals surface area contributed by atoms with E-state index in [4.69, 9.17) is 11.6 Å². The number of imide groups is 1. The Morgan fingerprint density at radius 1 is 1.11 bits per heavy atom. The van der Waals surface area contributed by atoms with Gasteiger partial charge in [0.05, 0.1) is 4.88 Å². The fourth-order valence-electron chi connectivity index (χ4n) is 1.27. The fourth-order valence-corrected chi connectivity index (χ4v) is 2.01. The summed E-state index contributed by atoms with van der Waals surface area (Å²) < 4.78 is 0. The molecule has 4 nitrogen and oxygen atoms in total. The van der Waals surface area contributed by atoms with Crippen LogP contribution in [0, 0.1) is 0 Å². The summed E-state index contributed by atoms with van der Waals surface area (Å²) in [6.45, 7) is 0. The molecule has 1 aromatic heterocycles. The lowest BCUT2D eigenvalue weighted by atomic mass is 10.3. The van der Waals surface area contributed by atoms with E-state index in [1.165, 1.54) is 11.3 Å². The predicted octanol–water partition coefficient (Wildman–Crippen LogP) is 3.36. The van der Waals surface area contributed by atoms with E-state index in [0.717, 1.165) is 0 Å². The molecule has 0 fully saturated rings. The molecule has 2 aromatic rings. The summed E-state index contributed by atoms with van der Waals surface area (Å²) in [6.07, 6.45) is 0. The van der Waals surface area contributed by atoms with Gasteiger partial charge in [-0.25, -0.2) is 4.79 Å². The van der Waals surface area contributed by atoms with Gasteiger partial charge in [0.2, 0.25) is 0 Å². The number of carbonyl (C=O) groups excluding carboxylic acids is 2. The van der Waals surface area contributed by atoms with Crippen molar-refractivity contribution >= 4 is 40.6 Å². The number of halogens is 1. The molecule has 3 amide bonds. The van der Waals surface area contributed by atoms with Crippen molar-refractivity contribution in [1.29, 1.82) is 0 Å². The predicted molar refractivity (Wildman–Crippen MR) is 72.3 cm³/mol. The average Bonchev–Trinajstić information content (AvgIpc) is 2.85. The van der Waals surface area contributed by atoms with Gasteiger partial charge in [0.15, 0.2) is 0 Å². The molecule has 2 rings (SSSR count). The molecular formula is C12H9ClN2O2S. The topological polar surface area (TPSA) is 58.2 Å². The first-order valence-electron chi connectivity index (χ1n) is 5.06. The molecule has 0 saturated heterocycles. The number of benzene rings is 1. The van der Waals surface area contributed by atoms with E-state index >= 15 is 0 Å². The van der Waals surface area contributed by atoms with E-state index in [1.54, 1.807) is 41.8 Å². The van der Waals surface area contributed by atoms with Crippen molar-refractivity contribution in [2.45, 2.75) is 0 Å². The first kappa shape index (κ1) is 12.6. The van der Waals surface area contributed by atoms with Crippen molar-refractivity contribution in [2.75, 3.05) is 5.32 Å². The van der Waals surface area contributed by atoms with Crippen molar-refractivity contribution in [3.05, 3.63) is 51.7 Å². The lowest BCUT2D eigenvalue weighted by Crippen LogP contribution is -2.33. The number of carbonyl (C=O) groups is 2. The van der Waals surface area contributed by atoms with Crippen LogP contribution in [0.2, 0.25) is 5.02 Å². The number of hydrogen-bond donors (Lipinski definition) is 2. The number of rotatable bonds is 2. The molecule has 0 unspecified atom stereocenters. The molecule has 6 heteroatoms. The van der Waals surface area contributed by atoms with Gasteiger partial charge in [-0.05, 0) is 35.7 Å². The van der Waals surface area contributed by atoms with Crippen LogP contribution in [0.3, 0.4) is 0 Å². The Morgan fingerprint density at radius 3 is 2.44 bits per heavy atom. The van der Waals surface area contributed by atoms with Gasteiger partial charge in [-0.2, -0.15) is 0 Å². The molecular weight excluding hydrogens is 272 g/mol. The van der Waals surface area contributed by atoms with Gasteiger partial charge in [0.25, 0.3) is 5.91 Å². The highest BCUT2D eigenvalue weighted by molar-refractivity contribution is 7.12. The second-order valence-corrected chi connectivity index (χ2v) is 4.78. The molecule has 0 aliphatic heterocycles. The summed E-state index contributed by atoms with van der Waals surface area (Å²) in [5.41, 5.74) is 0.566. The smallest absolute Gasteiger partial charge is 0.308 e. The van der Waals surface area contributed by atoms with E-state index in [1.807, 2.05) is 0 Å². The molecule has 1 aromatic carbocycles. The Kier molecular flexibility index (Phi) is 3.96. The number of hydrogen-bond acceptors (Lipinski definition) is 3. The summed E-state index contributed by atoms with van der Waals surface area (Å²) in [7, 11) is 0. The van der Waals surface area contributed by atoms with Crippen LogP contribution >= 0.6 is 22.9 Å². The number of thiophene rings is 1. The van der Waals surface area contributed by atoms with Crippen LogP contribution < -0.4 is 10.6 Å². The molecule has 0 atom stereocenters. The van der Waals surface area contributed by atoms with Crippen molar-refractivity contribution < 1.29 is 9.59 Å². The minimum Gasteiger partial charge on any atom is -0.308 e. The Labute approximate surface area is 113 Å².